The quantitative estimate of drug-likeness (QED) is 0.716. The van der Waals surface area contributed by atoms with E-state index in [1.54, 1.807) is 30.3 Å². The van der Waals surface area contributed by atoms with Crippen LogP contribution in [0, 0.1) is 5.82 Å². The summed E-state index contributed by atoms with van der Waals surface area (Å²) in [5.74, 6) is -1.72. The first-order valence-corrected chi connectivity index (χ1v) is 8.58. The van der Waals surface area contributed by atoms with Gasteiger partial charge in [-0.2, -0.15) is 0 Å². The molecular formula is C19H13BrFNO3. The van der Waals surface area contributed by atoms with Crippen LogP contribution in [-0.4, -0.2) is 18.5 Å². The number of esters is 1. The van der Waals surface area contributed by atoms with Gasteiger partial charge in [0.25, 0.3) is 0 Å². The normalized spacial score (nSPS) is 19.9. The summed E-state index contributed by atoms with van der Waals surface area (Å²) in [5.41, 5.74) is 1.87. The van der Waals surface area contributed by atoms with Gasteiger partial charge in [0.15, 0.2) is 0 Å². The standard InChI is InChI=1S/C19H13BrFNO3/c20-11-5-7-12(8-6-11)22-16-10-25-19(24)18(16)14(9-17(22)23)13-3-1-2-4-15(13)21/h1-8,14H,9-10H2. The van der Waals surface area contributed by atoms with Gasteiger partial charge in [0.1, 0.15) is 12.4 Å². The molecule has 4 rings (SSSR count). The minimum atomic E-state index is -0.620. The molecule has 0 fully saturated rings. The minimum absolute atomic E-state index is 0.0148. The van der Waals surface area contributed by atoms with Crippen LogP contribution < -0.4 is 4.90 Å². The zero-order chi connectivity index (χ0) is 17.6. The third-order valence-corrected chi connectivity index (χ3v) is 5.01. The summed E-state index contributed by atoms with van der Waals surface area (Å²) in [6.07, 6.45) is 0.0188. The van der Waals surface area contributed by atoms with Gasteiger partial charge in [-0.25, -0.2) is 9.18 Å². The van der Waals surface area contributed by atoms with Crippen molar-refractivity contribution >= 4 is 33.5 Å². The molecule has 2 aromatic rings. The number of carbonyl (C=O) groups is 2. The Balaban J connectivity index is 1.85. The van der Waals surface area contributed by atoms with E-state index < -0.39 is 17.7 Å². The third-order valence-electron chi connectivity index (χ3n) is 4.48. The second-order valence-corrected chi connectivity index (χ2v) is 6.84. The number of carbonyl (C=O) groups excluding carboxylic acids is 2. The molecule has 0 saturated heterocycles. The molecule has 2 aliphatic rings. The van der Waals surface area contributed by atoms with E-state index in [1.807, 2.05) is 12.1 Å². The second-order valence-electron chi connectivity index (χ2n) is 5.92. The molecule has 0 bridgehead atoms. The molecule has 0 N–H and O–H groups in total. The number of cyclic esters (lactones) is 1. The molecule has 0 spiro atoms. The largest absolute Gasteiger partial charge is 0.456 e. The highest BCUT2D eigenvalue weighted by Gasteiger charge is 2.43. The molecule has 0 saturated carbocycles. The van der Waals surface area contributed by atoms with Crippen molar-refractivity contribution in [3.05, 3.63) is 75.7 Å². The molecule has 1 amide bonds. The highest BCUT2D eigenvalue weighted by atomic mass is 79.9. The SMILES string of the molecule is O=C1OCC2=C1C(c1ccccc1F)CC(=O)N2c1ccc(Br)cc1. The van der Waals surface area contributed by atoms with Crippen LogP contribution in [0.25, 0.3) is 0 Å². The monoisotopic (exact) mass is 401 g/mol. The summed E-state index contributed by atoms with van der Waals surface area (Å²) in [4.78, 5) is 26.6. The molecule has 0 radical (unpaired) electrons. The fourth-order valence-corrected chi connectivity index (χ4v) is 3.63. The van der Waals surface area contributed by atoms with E-state index in [0.717, 1.165) is 4.47 Å². The van der Waals surface area contributed by atoms with Crippen LogP contribution in [0.3, 0.4) is 0 Å². The molecule has 2 heterocycles. The van der Waals surface area contributed by atoms with Crippen LogP contribution in [0.4, 0.5) is 10.1 Å². The first-order valence-electron chi connectivity index (χ1n) is 7.79. The number of nitrogens with zero attached hydrogens (tertiary/aromatic N) is 1. The number of anilines is 1. The Morgan fingerprint density at radius 3 is 2.52 bits per heavy atom. The van der Waals surface area contributed by atoms with Crippen LogP contribution in [0.2, 0.25) is 0 Å². The maximum absolute atomic E-state index is 14.2. The van der Waals surface area contributed by atoms with E-state index in [-0.39, 0.29) is 18.9 Å². The van der Waals surface area contributed by atoms with E-state index in [2.05, 4.69) is 15.9 Å². The number of hydrogen-bond donors (Lipinski definition) is 0. The van der Waals surface area contributed by atoms with Crippen LogP contribution in [-0.2, 0) is 14.3 Å². The number of amides is 1. The minimum Gasteiger partial charge on any atom is -0.456 e. The van der Waals surface area contributed by atoms with Crippen molar-refractivity contribution in [3.8, 4) is 0 Å². The summed E-state index contributed by atoms with van der Waals surface area (Å²) in [6, 6.07) is 13.5. The summed E-state index contributed by atoms with van der Waals surface area (Å²) >= 11 is 3.36. The van der Waals surface area contributed by atoms with Gasteiger partial charge in [-0.1, -0.05) is 34.1 Å². The average molecular weight is 402 g/mol. The number of ether oxygens (including phenoxy) is 1. The van der Waals surface area contributed by atoms with Gasteiger partial charge in [-0.3, -0.25) is 9.69 Å². The van der Waals surface area contributed by atoms with Crippen molar-refractivity contribution < 1.29 is 18.7 Å². The predicted molar refractivity (Wildman–Crippen MR) is 93.4 cm³/mol. The second kappa shape index (κ2) is 6.11. The Labute approximate surface area is 152 Å². The zero-order valence-corrected chi connectivity index (χ0v) is 14.6. The number of hydrogen-bond acceptors (Lipinski definition) is 3. The Kier molecular flexibility index (Phi) is 3.92. The van der Waals surface area contributed by atoms with E-state index in [4.69, 9.17) is 4.74 Å². The topological polar surface area (TPSA) is 46.6 Å². The van der Waals surface area contributed by atoms with E-state index in [9.17, 15) is 14.0 Å². The fraction of sp³-hybridized carbons (Fsp3) is 0.158. The highest BCUT2D eigenvalue weighted by molar-refractivity contribution is 9.10. The smallest absolute Gasteiger partial charge is 0.336 e. The Hall–Kier alpha value is -2.47. The van der Waals surface area contributed by atoms with Crippen molar-refractivity contribution in [3.63, 3.8) is 0 Å². The van der Waals surface area contributed by atoms with Gasteiger partial charge in [-0.05, 0) is 35.9 Å². The maximum Gasteiger partial charge on any atom is 0.336 e. The van der Waals surface area contributed by atoms with E-state index in [1.165, 1.54) is 11.0 Å². The molecule has 2 aromatic carbocycles. The van der Waals surface area contributed by atoms with Gasteiger partial charge in [-0.15, -0.1) is 0 Å². The zero-order valence-electron chi connectivity index (χ0n) is 13.0. The van der Waals surface area contributed by atoms with Gasteiger partial charge in [0.2, 0.25) is 5.91 Å². The van der Waals surface area contributed by atoms with Crippen molar-refractivity contribution in [2.75, 3.05) is 11.5 Å². The van der Waals surface area contributed by atoms with Crippen LogP contribution in [0.15, 0.2) is 64.3 Å². The first-order chi connectivity index (χ1) is 12.1. The first kappa shape index (κ1) is 16.0. The lowest BCUT2D eigenvalue weighted by molar-refractivity contribution is -0.136. The van der Waals surface area contributed by atoms with Crippen molar-refractivity contribution in [2.45, 2.75) is 12.3 Å². The molecule has 126 valence electrons. The van der Waals surface area contributed by atoms with Gasteiger partial charge in [0, 0.05) is 22.5 Å². The summed E-state index contributed by atoms with van der Waals surface area (Å²) in [5, 5.41) is 0. The predicted octanol–water partition coefficient (Wildman–Crippen LogP) is 3.92. The van der Waals surface area contributed by atoms with Crippen molar-refractivity contribution in [1.82, 2.24) is 0 Å². The maximum atomic E-state index is 14.2. The molecule has 2 aliphatic heterocycles. The van der Waals surface area contributed by atoms with Crippen molar-refractivity contribution in [1.29, 1.82) is 0 Å². The summed E-state index contributed by atoms with van der Waals surface area (Å²) in [7, 11) is 0. The van der Waals surface area contributed by atoms with Crippen molar-refractivity contribution in [2.24, 2.45) is 0 Å². The Morgan fingerprint density at radius 2 is 1.80 bits per heavy atom. The number of rotatable bonds is 2. The fourth-order valence-electron chi connectivity index (χ4n) is 3.37. The lowest BCUT2D eigenvalue weighted by Crippen LogP contribution is -2.37. The van der Waals surface area contributed by atoms with E-state index >= 15 is 0 Å². The summed E-state index contributed by atoms with van der Waals surface area (Å²) in [6.45, 7) is 0.0148. The molecular weight excluding hydrogens is 389 g/mol. The lowest BCUT2D eigenvalue weighted by atomic mass is 9.84. The third kappa shape index (κ3) is 2.66. The van der Waals surface area contributed by atoms with Gasteiger partial charge in [0.05, 0.1) is 11.3 Å². The number of halogens is 2. The molecule has 6 heteroatoms. The molecule has 25 heavy (non-hydrogen) atoms. The van der Waals surface area contributed by atoms with E-state index in [0.29, 0.717) is 22.5 Å². The van der Waals surface area contributed by atoms with Crippen LogP contribution >= 0.6 is 15.9 Å². The average Bonchev–Trinajstić information content (AvgIpc) is 2.98. The molecule has 1 atom stereocenters. The molecule has 4 nitrogen and oxygen atoms in total. The van der Waals surface area contributed by atoms with Crippen LogP contribution in [0.1, 0.15) is 17.9 Å². The lowest BCUT2D eigenvalue weighted by Gasteiger charge is -2.32. The Morgan fingerprint density at radius 1 is 1.08 bits per heavy atom. The number of benzene rings is 2. The van der Waals surface area contributed by atoms with Gasteiger partial charge < -0.3 is 4.74 Å². The molecule has 0 aromatic heterocycles. The Bertz CT molecular complexity index is 907. The van der Waals surface area contributed by atoms with Gasteiger partial charge >= 0.3 is 5.97 Å². The molecule has 1 unspecified atom stereocenters. The molecule has 0 aliphatic carbocycles. The highest BCUT2D eigenvalue weighted by Crippen LogP contribution is 2.42. The van der Waals surface area contributed by atoms with Crippen LogP contribution in [0.5, 0.6) is 0 Å². The summed E-state index contributed by atoms with van der Waals surface area (Å²) < 4.78 is 20.3.